The van der Waals surface area contributed by atoms with Gasteiger partial charge in [0, 0.05) is 6.54 Å². The SMILES string of the molecule is COC(=O)C(CNC(=O)OC(C)(C)C)(Cc1ccccc1)Cc1ccccc1. The molecule has 0 saturated carbocycles. The highest BCUT2D eigenvalue weighted by atomic mass is 16.6. The third-order valence-electron chi connectivity index (χ3n) is 4.36. The van der Waals surface area contributed by atoms with Gasteiger partial charge in [-0.1, -0.05) is 60.7 Å². The van der Waals surface area contributed by atoms with Crippen LogP contribution < -0.4 is 5.32 Å². The van der Waals surface area contributed by atoms with Gasteiger partial charge >= 0.3 is 12.1 Å². The zero-order valence-electron chi connectivity index (χ0n) is 17.0. The highest BCUT2D eigenvalue weighted by Crippen LogP contribution is 2.29. The van der Waals surface area contributed by atoms with Crippen molar-refractivity contribution < 1.29 is 19.1 Å². The first-order valence-electron chi connectivity index (χ1n) is 9.37. The summed E-state index contributed by atoms with van der Waals surface area (Å²) in [7, 11) is 1.38. The van der Waals surface area contributed by atoms with Crippen molar-refractivity contribution in [1.29, 1.82) is 0 Å². The van der Waals surface area contributed by atoms with Gasteiger partial charge in [0.15, 0.2) is 0 Å². The summed E-state index contributed by atoms with van der Waals surface area (Å²) < 4.78 is 10.5. The molecule has 0 aliphatic heterocycles. The van der Waals surface area contributed by atoms with Crippen LogP contribution in [0.25, 0.3) is 0 Å². The number of methoxy groups -OCH3 is 1. The lowest BCUT2D eigenvalue weighted by Crippen LogP contribution is -2.47. The first-order valence-corrected chi connectivity index (χ1v) is 9.37. The van der Waals surface area contributed by atoms with Gasteiger partial charge in [0.1, 0.15) is 5.60 Å². The Morgan fingerprint density at radius 3 is 1.71 bits per heavy atom. The zero-order valence-corrected chi connectivity index (χ0v) is 17.0. The molecule has 0 aromatic heterocycles. The number of carbonyl (C=O) groups excluding carboxylic acids is 2. The van der Waals surface area contributed by atoms with Crippen LogP contribution in [0.3, 0.4) is 0 Å². The van der Waals surface area contributed by atoms with E-state index in [1.54, 1.807) is 20.8 Å². The molecule has 0 fully saturated rings. The van der Waals surface area contributed by atoms with Gasteiger partial charge in [-0.2, -0.15) is 0 Å². The molecule has 5 heteroatoms. The Balaban J connectivity index is 2.32. The van der Waals surface area contributed by atoms with Gasteiger partial charge in [-0.3, -0.25) is 4.79 Å². The number of ether oxygens (including phenoxy) is 2. The van der Waals surface area contributed by atoms with Gasteiger partial charge < -0.3 is 14.8 Å². The second-order valence-corrected chi connectivity index (χ2v) is 7.95. The number of rotatable bonds is 7. The van der Waals surface area contributed by atoms with E-state index in [1.165, 1.54) is 7.11 Å². The topological polar surface area (TPSA) is 64.6 Å². The van der Waals surface area contributed by atoms with Crippen molar-refractivity contribution in [2.24, 2.45) is 5.41 Å². The van der Waals surface area contributed by atoms with E-state index in [2.05, 4.69) is 5.32 Å². The second-order valence-electron chi connectivity index (χ2n) is 7.95. The molecular formula is C23H29NO4. The third kappa shape index (κ3) is 6.41. The normalized spacial score (nSPS) is 11.6. The molecule has 0 heterocycles. The van der Waals surface area contributed by atoms with E-state index >= 15 is 0 Å². The van der Waals surface area contributed by atoms with E-state index in [-0.39, 0.29) is 12.5 Å². The number of alkyl carbamates (subject to hydrolysis) is 1. The molecule has 0 radical (unpaired) electrons. The number of benzene rings is 2. The van der Waals surface area contributed by atoms with Crippen molar-refractivity contribution in [3.05, 3.63) is 71.8 Å². The molecule has 150 valence electrons. The van der Waals surface area contributed by atoms with E-state index < -0.39 is 17.1 Å². The van der Waals surface area contributed by atoms with Crippen LogP contribution in [0, 0.1) is 5.41 Å². The lowest BCUT2D eigenvalue weighted by atomic mass is 9.76. The number of hydrogen-bond donors (Lipinski definition) is 1. The molecule has 0 spiro atoms. The van der Waals surface area contributed by atoms with Crippen molar-refractivity contribution in [1.82, 2.24) is 5.32 Å². The third-order valence-corrected chi connectivity index (χ3v) is 4.36. The van der Waals surface area contributed by atoms with Crippen LogP contribution in [0.5, 0.6) is 0 Å². The minimum absolute atomic E-state index is 0.109. The Morgan fingerprint density at radius 1 is 0.857 bits per heavy atom. The maximum Gasteiger partial charge on any atom is 0.407 e. The van der Waals surface area contributed by atoms with Crippen LogP contribution in [-0.4, -0.2) is 31.3 Å². The Morgan fingerprint density at radius 2 is 1.32 bits per heavy atom. The summed E-state index contributed by atoms with van der Waals surface area (Å²) in [5.74, 6) is -0.365. The minimum Gasteiger partial charge on any atom is -0.469 e. The fourth-order valence-corrected chi connectivity index (χ4v) is 3.15. The number of nitrogens with one attached hydrogen (secondary N) is 1. The molecular weight excluding hydrogens is 354 g/mol. The molecule has 0 aliphatic carbocycles. The molecule has 2 rings (SSSR count). The van der Waals surface area contributed by atoms with Crippen LogP contribution in [0.15, 0.2) is 60.7 Å². The van der Waals surface area contributed by atoms with Crippen LogP contribution in [0.1, 0.15) is 31.9 Å². The summed E-state index contributed by atoms with van der Waals surface area (Å²) in [4.78, 5) is 25.2. The van der Waals surface area contributed by atoms with Crippen molar-refractivity contribution in [3.63, 3.8) is 0 Å². The van der Waals surface area contributed by atoms with Gasteiger partial charge in [-0.05, 0) is 44.7 Å². The van der Waals surface area contributed by atoms with E-state index in [9.17, 15) is 9.59 Å². The molecule has 2 aromatic carbocycles. The molecule has 0 saturated heterocycles. The van der Waals surface area contributed by atoms with Crippen LogP contribution in [0.4, 0.5) is 4.79 Å². The summed E-state index contributed by atoms with van der Waals surface area (Å²) in [6.07, 6.45) is 0.318. The molecule has 1 amide bonds. The minimum atomic E-state index is -0.950. The Hall–Kier alpha value is -2.82. The summed E-state index contributed by atoms with van der Waals surface area (Å²) in [5.41, 5.74) is 0.426. The highest BCUT2D eigenvalue weighted by Gasteiger charge is 2.40. The fourth-order valence-electron chi connectivity index (χ4n) is 3.15. The van der Waals surface area contributed by atoms with Gasteiger partial charge in [-0.15, -0.1) is 0 Å². The quantitative estimate of drug-likeness (QED) is 0.730. The number of amides is 1. The lowest BCUT2D eigenvalue weighted by Gasteiger charge is -2.32. The van der Waals surface area contributed by atoms with E-state index in [1.807, 2.05) is 60.7 Å². The standard InChI is InChI=1S/C23H29NO4/c1-22(2,3)28-21(26)24-17-23(20(25)27-4,15-18-11-7-5-8-12-18)16-19-13-9-6-10-14-19/h5-14H,15-17H2,1-4H3,(H,24,26). The average Bonchev–Trinajstić information content (AvgIpc) is 2.66. The molecule has 0 bridgehead atoms. The van der Waals surface area contributed by atoms with E-state index in [4.69, 9.17) is 9.47 Å². The maximum absolute atomic E-state index is 12.9. The Labute approximate surface area is 167 Å². The summed E-state index contributed by atoms with van der Waals surface area (Å²) in [6, 6.07) is 19.5. The smallest absolute Gasteiger partial charge is 0.407 e. The first-order chi connectivity index (χ1) is 13.2. The highest BCUT2D eigenvalue weighted by molar-refractivity contribution is 5.79. The van der Waals surface area contributed by atoms with Crippen LogP contribution in [0.2, 0.25) is 0 Å². The van der Waals surface area contributed by atoms with Gasteiger partial charge in [0.25, 0.3) is 0 Å². The van der Waals surface area contributed by atoms with E-state index in [0.717, 1.165) is 11.1 Å². The number of carbonyl (C=O) groups is 2. The van der Waals surface area contributed by atoms with Crippen molar-refractivity contribution >= 4 is 12.1 Å². The van der Waals surface area contributed by atoms with Crippen molar-refractivity contribution in [2.45, 2.75) is 39.2 Å². The Kier molecular flexibility index (Phi) is 7.21. The molecule has 0 unspecified atom stereocenters. The lowest BCUT2D eigenvalue weighted by molar-refractivity contribution is -0.152. The largest absolute Gasteiger partial charge is 0.469 e. The number of hydrogen-bond acceptors (Lipinski definition) is 4. The van der Waals surface area contributed by atoms with Gasteiger partial charge in [0.2, 0.25) is 0 Å². The van der Waals surface area contributed by atoms with Crippen molar-refractivity contribution in [3.8, 4) is 0 Å². The maximum atomic E-state index is 12.9. The van der Waals surface area contributed by atoms with Gasteiger partial charge in [-0.25, -0.2) is 4.79 Å². The zero-order chi connectivity index (χ0) is 20.6. The monoisotopic (exact) mass is 383 g/mol. The molecule has 28 heavy (non-hydrogen) atoms. The molecule has 0 atom stereocenters. The van der Waals surface area contributed by atoms with Crippen LogP contribution in [-0.2, 0) is 27.1 Å². The average molecular weight is 383 g/mol. The summed E-state index contributed by atoms with van der Waals surface area (Å²) in [5, 5.41) is 2.77. The van der Waals surface area contributed by atoms with Crippen molar-refractivity contribution in [2.75, 3.05) is 13.7 Å². The van der Waals surface area contributed by atoms with E-state index in [0.29, 0.717) is 12.8 Å². The fraction of sp³-hybridized carbons (Fsp3) is 0.391. The predicted molar refractivity (Wildman–Crippen MR) is 109 cm³/mol. The van der Waals surface area contributed by atoms with Gasteiger partial charge in [0.05, 0.1) is 12.5 Å². The molecule has 2 aromatic rings. The number of esters is 1. The first kappa shape index (κ1) is 21.5. The molecule has 0 aliphatic rings. The predicted octanol–water partition coefficient (Wildman–Crippen LogP) is 4.16. The summed E-state index contributed by atoms with van der Waals surface area (Å²) >= 11 is 0. The molecule has 1 N–H and O–H groups in total. The second kappa shape index (κ2) is 9.40. The summed E-state index contributed by atoms with van der Waals surface area (Å²) in [6.45, 7) is 5.51. The Bertz CT molecular complexity index is 725. The van der Waals surface area contributed by atoms with Crippen LogP contribution >= 0.6 is 0 Å². The molecule has 5 nitrogen and oxygen atoms in total.